The van der Waals surface area contributed by atoms with Crippen molar-refractivity contribution in [2.75, 3.05) is 0 Å². The van der Waals surface area contributed by atoms with Crippen molar-refractivity contribution >= 4 is 16.8 Å². The van der Waals surface area contributed by atoms with E-state index in [1.54, 1.807) is 6.20 Å². The molecule has 2 aromatic heterocycles. The summed E-state index contributed by atoms with van der Waals surface area (Å²) in [5, 5.41) is 11.0. The third kappa shape index (κ3) is 2.32. The van der Waals surface area contributed by atoms with Gasteiger partial charge >= 0.3 is 0 Å². The fourth-order valence-electron chi connectivity index (χ4n) is 2.79. The van der Waals surface area contributed by atoms with E-state index in [2.05, 4.69) is 20.5 Å². The number of carbonyl (C=O) groups excluding carboxylic acids is 1. The highest BCUT2D eigenvalue weighted by Gasteiger charge is 2.20. The molecular formula is C14H18N4O. The zero-order chi connectivity index (χ0) is 13.2. The largest absolute Gasteiger partial charge is 0.348 e. The number of nitrogens with zero attached hydrogens (tertiary/aromatic N) is 2. The van der Waals surface area contributed by atoms with Crippen molar-refractivity contribution in [3.8, 4) is 0 Å². The third-order valence-electron chi connectivity index (χ3n) is 3.81. The van der Waals surface area contributed by atoms with E-state index in [-0.39, 0.29) is 5.91 Å². The van der Waals surface area contributed by atoms with Gasteiger partial charge < -0.3 is 5.32 Å². The molecule has 2 heterocycles. The summed E-state index contributed by atoms with van der Waals surface area (Å²) in [6, 6.07) is 2.14. The molecule has 0 spiro atoms. The second-order valence-corrected chi connectivity index (χ2v) is 5.20. The number of rotatable bonds is 2. The van der Waals surface area contributed by atoms with E-state index in [0.717, 1.165) is 29.4 Å². The smallest absolute Gasteiger partial charge is 0.270 e. The summed E-state index contributed by atoms with van der Waals surface area (Å²) < 4.78 is 0. The van der Waals surface area contributed by atoms with Gasteiger partial charge in [-0.2, -0.15) is 5.10 Å². The van der Waals surface area contributed by atoms with E-state index >= 15 is 0 Å². The van der Waals surface area contributed by atoms with E-state index < -0.39 is 0 Å². The normalized spacial score (nSPS) is 16.7. The molecule has 0 radical (unpaired) electrons. The quantitative estimate of drug-likeness (QED) is 0.868. The summed E-state index contributed by atoms with van der Waals surface area (Å²) in [5.74, 6) is -0.0815. The van der Waals surface area contributed by atoms with Crippen LogP contribution in [0.4, 0.5) is 0 Å². The molecule has 1 fully saturated rings. The number of carbonyl (C=O) groups is 1. The number of aromatic nitrogens is 3. The Hall–Kier alpha value is -1.91. The molecule has 0 saturated heterocycles. The van der Waals surface area contributed by atoms with Gasteiger partial charge in [0.25, 0.3) is 5.91 Å². The zero-order valence-corrected chi connectivity index (χ0v) is 11.1. The predicted octanol–water partition coefficient (Wildman–Crippen LogP) is 2.33. The van der Waals surface area contributed by atoms with Crippen LogP contribution in [0.25, 0.3) is 10.9 Å². The summed E-state index contributed by atoms with van der Waals surface area (Å²) in [5.41, 5.74) is 2.16. The van der Waals surface area contributed by atoms with Crippen LogP contribution >= 0.6 is 0 Å². The second-order valence-electron chi connectivity index (χ2n) is 5.20. The number of fused-ring (bicyclic) bond motifs is 1. The third-order valence-corrected chi connectivity index (χ3v) is 3.81. The standard InChI is InChI=1S/C14H18N4O/c1-9-12-11(18-17-9)7-8-15-13(12)14(19)16-10-5-3-2-4-6-10/h7-8,10H,2-6H2,1H3,(H,16,19)(H,17,18). The van der Waals surface area contributed by atoms with Gasteiger partial charge in [0.1, 0.15) is 5.69 Å². The Kier molecular flexibility index (Phi) is 3.19. The van der Waals surface area contributed by atoms with E-state index in [0.29, 0.717) is 11.7 Å². The maximum absolute atomic E-state index is 12.4. The Morgan fingerprint density at radius 2 is 2.16 bits per heavy atom. The van der Waals surface area contributed by atoms with Crippen LogP contribution in [0.1, 0.15) is 48.3 Å². The van der Waals surface area contributed by atoms with Gasteiger partial charge in [0.05, 0.1) is 16.6 Å². The molecule has 1 amide bonds. The topological polar surface area (TPSA) is 70.7 Å². The highest BCUT2D eigenvalue weighted by Crippen LogP contribution is 2.20. The molecule has 2 aromatic rings. The number of amides is 1. The van der Waals surface area contributed by atoms with E-state index in [4.69, 9.17) is 0 Å². The molecule has 100 valence electrons. The molecule has 0 bridgehead atoms. The number of hydrogen-bond donors (Lipinski definition) is 2. The zero-order valence-electron chi connectivity index (χ0n) is 11.1. The molecule has 0 atom stereocenters. The molecule has 3 rings (SSSR count). The van der Waals surface area contributed by atoms with Crippen molar-refractivity contribution in [2.24, 2.45) is 0 Å². The second kappa shape index (κ2) is 4.99. The molecule has 0 unspecified atom stereocenters. The monoisotopic (exact) mass is 258 g/mol. The van der Waals surface area contributed by atoms with Gasteiger partial charge in [-0.15, -0.1) is 0 Å². The lowest BCUT2D eigenvalue weighted by molar-refractivity contribution is 0.0924. The van der Waals surface area contributed by atoms with Crippen LogP contribution in [-0.4, -0.2) is 27.1 Å². The highest BCUT2D eigenvalue weighted by atomic mass is 16.1. The van der Waals surface area contributed by atoms with Gasteiger partial charge in [0, 0.05) is 12.2 Å². The fraction of sp³-hybridized carbons (Fsp3) is 0.500. The van der Waals surface area contributed by atoms with Crippen molar-refractivity contribution < 1.29 is 4.79 Å². The van der Waals surface area contributed by atoms with Gasteiger partial charge in [-0.25, -0.2) is 0 Å². The first-order valence-electron chi connectivity index (χ1n) is 6.86. The van der Waals surface area contributed by atoms with Gasteiger partial charge in [-0.05, 0) is 25.8 Å². The van der Waals surface area contributed by atoms with E-state index in [1.165, 1.54) is 19.3 Å². The lowest BCUT2D eigenvalue weighted by Gasteiger charge is -2.22. The molecule has 1 aliphatic rings. The molecule has 2 N–H and O–H groups in total. The minimum Gasteiger partial charge on any atom is -0.348 e. The SMILES string of the molecule is Cc1n[nH]c2ccnc(C(=O)NC3CCCCC3)c12. The van der Waals surface area contributed by atoms with Crippen molar-refractivity contribution in [3.05, 3.63) is 23.7 Å². The Bertz CT molecular complexity index is 599. The molecule has 0 aromatic carbocycles. The number of hydrogen-bond acceptors (Lipinski definition) is 3. The first-order chi connectivity index (χ1) is 9.25. The van der Waals surface area contributed by atoms with Crippen molar-refractivity contribution in [1.29, 1.82) is 0 Å². The molecule has 5 heteroatoms. The molecular weight excluding hydrogens is 240 g/mol. The van der Waals surface area contributed by atoms with Crippen LogP contribution in [0.5, 0.6) is 0 Å². The molecule has 1 aliphatic carbocycles. The Labute approximate surface area is 111 Å². The summed E-state index contributed by atoms with van der Waals surface area (Å²) in [6.07, 6.45) is 7.48. The van der Waals surface area contributed by atoms with E-state index in [1.807, 2.05) is 13.0 Å². The minimum atomic E-state index is -0.0815. The van der Waals surface area contributed by atoms with Crippen LogP contribution < -0.4 is 5.32 Å². The van der Waals surface area contributed by atoms with E-state index in [9.17, 15) is 4.79 Å². The number of aryl methyl sites for hydroxylation is 1. The molecule has 1 saturated carbocycles. The average molecular weight is 258 g/mol. The van der Waals surface area contributed by atoms with Gasteiger partial charge in [0.15, 0.2) is 0 Å². The average Bonchev–Trinajstić information content (AvgIpc) is 2.82. The molecule has 5 nitrogen and oxygen atoms in total. The lowest BCUT2D eigenvalue weighted by atomic mass is 9.95. The fourth-order valence-corrected chi connectivity index (χ4v) is 2.79. The summed E-state index contributed by atoms with van der Waals surface area (Å²) in [6.45, 7) is 1.89. The molecule has 0 aliphatic heterocycles. The number of nitrogens with one attached hydrogen (secondary N) is 2. The maximum Gasteiger partial charge on any atom is 0.270 e. The first kappa shape index (κ1) is 12.1. The van der Waals surface area contributed by atoms with Gasteiger partial charge in [0.2, 0.25) is 0 Å². The first-order valence-corrected chi connectivity index (χ1v) is 6.86. The maximum atomic E-state index is 12.4. The highest BCUT2D eigenvalue weighted by molar-refractivity contribution is 6.05. The van der Waals surface area contributed by atoms with Crippen LogP contribution in [0, 0.1) is 6.92 Å². The minimum absolute atomic E-state index is 0.0815. The Balaban J connectivity index is 1.86. The van der Waals surface area contributed by atoms with Crippen LogP contribution in [0.15, 0.2) is 12.3 Å². The predicted molar refractivity (Wildman–Crippen MR) is 73.0 cm³/mol. The lowest BCUT2D eigenvalue weighted by Crippen LogP contribution is -2.36. The summed E-state index contributed by atoms with van der Waals surface area (Å²) >= 11 is 0. The number of aromatic amines is 1. The van der Waals surface area contributed by atoms with Gasteiger partial charge in [-0.3, -0.25) is 14.9 Å². The number of H-pyrrole nitrogens is 1. The molecule has 19 heavy (non-hydrogen) atoms. The van der Waals surface area contributed by atoms with Gasteiger partial charge in [-0.1, -0.05) is 19.3 Å². The van der Waals surface area contributed by atoms with Crippen molar-refractivity contribution in [1.82, 2.24) is 20.5 Å². The van der Waals surface area contributed by atoms with Crippen LogP contribution in [-0.2, 0) is 0 Å². The Morgan fingerprint density at radius 3 is 2.95 bits per heavy atom. The Morgan fingerprint density at radius 1 is 1.37 bits per heavy atom. The summed E-state index contributed by atoms with van der Waals surface area (Å²) in [4.78, 5) is 16.6. The number of pyridine rings is 1. The van der Waals surface area contributed by atoms with Crippen LogP contribution in [0.2, 0.25) is 0 Å². The van der Waals surface area contributed by atoms with Crippen LogP contribution in [0.3, 0.4) is 0 Å². The van der Waals surface area contributed by atoms with Crippen molar-refractivity contribution in [2.45, 2.75) is 45.1 Å². The van der Waals surface area contributed by atoms with Crippen molar-refractivity contribution in [3.63, 3.8) is 0 Å². The summed E-state index contributed by atoms with van der Waals surface area (Å²) in [7, 11) is 0.